The Hall–Kier alpha value is -2.91. The van der Waals surface area contributed by atoms with E-state index in [4.69, 9.17) is 14.6 Å². The van der Waals surface area contributed by atoms with E-state index in [0.717, 1.165) is 11.4 Å². The summed E-state index contributed by atoms with van der Waals surface area (Å²) in [5, 5.41) is 13.3. The Morgan fingerprint density at radius 3 is 2.75 bits per heavy atom. The minimum atomic E-state index is -0.893. The Kier molecular flexibility index (Phi) is 6.27. The molecule has 9 nitrogen and oxygen atoms in total. The van der Waals surface area contributed by atoms with Crippen molar-refractivity contribution in [3.05, 3.63) is 42.2 Å². The highest BCUT2D eigenvalue weighted by Crippen LogP contribution is 2.16. The normalized spacial score (nSPS) is 17.0. The van der Waals surface area contributed by atoms with E-state index in [9.17, 15) is 9.59 Å². The number of nitrogens with zero attached hydrogens (tertiary/aromatic N) is 4. The smallest absolute Gasteiger partial charge is 0.317 e. The van der Waals surface area contributed by atoms with E-state index >= 15 is 0 Å². The number of carbonyl (C=O) groups is 2. The van der Waals surface area contributed by atoms with Gasteiger partial charge in [-0.15, -0.1) is 0 Å². The summed E-state index contributed by atoms with van der Waals surface area (Å²) in [4.78, 5) is 27.0. The first kappa shape index (κ1) is 19.8. The van der Waals surface area contributed by atoms with Crippen molar-refractivity contribution in [1.82, 2.24) is 19.6 Å². The SMILES string of the molecule is COc1ccc(-n2ccc(C(=O)N3CCOC(CN(C)CC(=O)O)C3)n2)cc1. The molecule has 150 valence electrons. The molecular formula is C19H24N4O5. The summed E-state index contributed by atoms with van der Waals surface area (Å²) < 4.78 is 12.5. The predicted molar refractivity (Wildman–Crippen MR) is 101 cm³/mol. The van der Waals surface area contributed by atoms with Crippen molar-refractivity contribution in [2.75, 3.05) is 46.9 Å². The highest BCUT2D eigenvalue weighted by Gasteiger charge is 2.27. The van der Waals surface area contributed by atoms with Crippen molar-refractivity contribution >= 4 is 11.9 Å². The molecule has 1 aliphatic rings. The maximum Gasteiger partial charge on any atom is 0.317 e. The van der Waals surface area contributed by atoms with Crippen LogP contribution in [0.4, 0.5) is 0 Å². The van der Waals surface area contributed by atoms with Crippen LogP contribution in [-0.4, -0.2) is 89.6 Å². The molecule has 2 aromatic rings. The summed E-state index contributed by atoms with van der Waals surface area (Å²) in [6.07, 6.45) is 1.51. The van der Waals surface area contributed by atoms with Crippen LogP contribution in [0.2, 0.25) is 0 Å². The molecule has 1 aromatic heterocycles. The van der Waals surface area contributed by atoms with E-state index in [1.54, 1.807) is 40.9 Å². The van der Waals surface area contributed by atoms with E-state index in [0.29, 0.717) is 31.9 Å². The molecule has 1 N–H and O–H groups in total. The number of likely N-dealkylation sites (N-methyl/N-ethyl adjacent to an activating group) is 1. The zero-order chi connectivity index (χ0) is 20.1. The summed E-state index contributed by atoms with van der Waals surface area (Å²) in [6.45, 7) is 1.67. The number of aliphatic carboxylic acids is 1. The highest BCUT2D eigenvalue weighted by atomic mass is 16.5. The molecule has 1 aliphatic heterocycles. The van der Waals surface area contributed by atoms with E-state index in [2.05, 4.69) is 5.10 Å². The number of morpholine rings is 1. The van der Waals surface area contributed by atoms with Crippen LogP contribution in [0.25, 0.3) is 5.69 Å². The molecule has 0 bridgehead atoms. The molecule has 2 heterocycles. The van der Waals surface area contributed by atoms with Gasteiger partial charge in [0.05, 0.1) is 32.1 Å². The number of hydrogen-bond donors (Lipinski definition) is 1. The second-order valence-corrected chi connectivity index (χ2v) is 6.68. The third-order valence-corrected chi connectivity index (χ3v) is 4.49. The van der Waals surface area contributed by atoms with Gasteiger partial charge in [0.15, 0.2) is 5.69 Å². The molecule has 1 unspecified atom stereocenters. The topological polar surface area (TPSA) is 97.1 Å². The van der Waals surface area contributed by atoms with Crippen molar-refractivity contribution < 1.29 is 24.2 Å². The molecule has 0 aliphatic carbocycles. The zero-order valence-corrected chi connectivity index (χ0v) is 15.9. The third-order valence-electron chi connectivity index (χ3n) is 4.49. The van der Waals surface area contributed by atoms with E-state index in [-0.39, 0.29) is 18.6 Å². The monoisotopic (exact) mass is 388 g/mol. The van der Waals surface area contributed by atoms with Crippen LogP contribution in [0.5, 0.6) is 5.75 Å². The fraction of sp³-hybridized carbons (Fsp3) is 0.421. The average Bonchev–Trinajstić information content (AvgIpc) is 3.17. The van der Waals surface area contributed by atoms with Crippen LogP contribution < -0.4 is 4.74 Å². The molecule has 28 heavy (non-hydrogen) atoms. The molecule has 1 amide bonds. The van der Waals surface area contributed by atoms with Crippen LogP contribution in [0, 0.1) is 0 Å². The van der Waals surface area contributed by atoms with Crippen LogP contribution in [0.1, 0.15) is 10.5 Å². The van der Waals surface area contributed by atoms with Crippen molar-refractivity contribution in [2.45, 2.75) is 6.10 Å². The molecule has 1 atom stereocenters. The lowest BCUT2D eigenvalue weighted by molar-refractivity contribution is -0.138. The summed E-state index contributed by atoms with van der Waals surface area (Å²) in [5.41, 5.74) is 1.19. The highest BCUT2D eigenvalue weighted by molar-refractivity contribution is 5.92. The largest absolute Gasteiger partial charge is 0.497 e. The number of carboxylic acid groups (broad SMARTS) is 1. The Balaban J connectivity index is 1.63. The van der Waals surface area contributed by atoms with Gasteiger partial charge in [0, 0.05) is 25.8 Å². The van der Waals surface area contributed by atoms with Gasteiger partial charge in [-0.25, -0.2) is 4.68 Å². The minimum absolute atomic E-state index is 0.0694. The molecule has 0 spiro atoms. The first-order valence-corrected chi connectivity index (χ1v) is 8.97. The number of aromatic nitrogens is 2. The lowest BCUT2D eigenvalue weighted by Crippen LogP contribution is -2.49. The molecule has 3 rings (SSSR count). The maximum absolute atomic E-state index is 12.8. The number of methoxy groups -OCH3 is 1. The van der Waals surface area contributed by atoms with Crippen LogP contribution in [-0.2, 0) is 9.53 Å². The van der Waals surface area contributed by atoms with Gasteiger partial charge in [-0.3, -0.25) is 14.5 Å². The molecule has 0 saturated carbocycles. The Morgan fingerprint density at radius 2 is 2.07 bits per heavy atom. The van der Waals surface area contributed by atoms with Crippen LogP contribution >= 0.6 is 0 Å². The van der Waals surface area contributed by atoms with Gasteiger partial charge in [-0.05, 0) is 37.4 Å². The van der Waals surface area contributed by atoms with Gasteiger partial charge >= 0.3 is 5.97 Å². The van der Waals surface area contributed by atoms with E-state index < -0.39 is 5.97 Å². The quantitative estimate of drug-likeness (QED) is 0.747. The fourth-order valence-corrected chi connectivity index (χ4v) is 3.14. The van der Waals surface area contributed by atoms with Gasteiger partial charge in [-0.1, -0.05) is 0 Å². The molecule has 1 saturated heterocycles. The molecule has 0 radical (unpaired) electrons. The minimum Gasteiger partial charge on any atom is -0.497 e. The maximum atomic E-state index is 12.8. The molecule has 9 heteroatoms. The van der Waals surface area contributed by atoms with Crippen molar-refractivity contribution in [3.63, 3.8) is 0 Å². The van der Waals surface area contributed by atoms with E-state index in [1.165, 1.54) is 0 Å². The Bertz CT molecular complexity index is 820. The van der Waals surface area contributed by atoms with Crippen LogP contribution in [0.3, 0.4) is 0 Å². The zero-order valence-electron chi connectivity index (χ0n) is 15.9. The average molecular weight is 388 g/mol. The van der Waals surface area contributed by atoms with E-state index in [1.807, 2.05) is 24.3 Å². The number of rotatable bonds is 7. The summed E-state index contributed by atoms with van der Waals surface area (Å²) in [5.74, 6) is -0.309. The first-order chi connectivity index (χ1) is 13.5. The number of carboxylic acids is 1. The number of hydrogen-bond acceptors (Lipinski definition) is 6. The number of benzene rings is 1. The van der Waals surface area contributed by atoms with Crippen LogP contribution in [0.15, 0.2) is 36.5 Å². The summed E-state index contributed by atoms with van der Waals surface area (Å²) in [6, 6.07) is 9.08. The van der Waals surface area contributed by atoms with Crippen molar-refractivity contribution in [1.29, 1.82) is 0 Å². The van der Waals surface area contributed by atoms with Gasteiger partial charge in [0.1, 0.15) is 5.75 Å². The van der Waals surface area contributed by atoms with Crippen molar-refractivity contribution in [3.8, 4) is 11.4 Å². The lowest BCUT2D eigenvalue weighted by atomic mass is 10.2. The predicted octanol–water partition coefficient (Wildman–Crippen LogP) is 0.738. The number of carbonyl (C=O) groups excluding carboxylic acids is 1. The number of ether oxygens (including phenoxy) is 2. The standard InChI is InChI=1S/C19H24N4O5/c1-21(13-18(24)25)11-16-12-22(9-10-28-16)19(26)17-7-8-23(20-17)14-3-5-15(27-2)6-4-14/h3-8,16H,9-13H2,1-2H3,(H,24,25). The van der Waals surface area contributed by atoms with Gasteiger partial charge < -0.3 is 19.5 Å². The van der Waals surface area contributed by atoms with Gasteiger partial charge in [0.2, 0.25) is 0 Å². The second kappa shape index (κ2) is 8.85. The number of amides is 1. The fourth-order valence-electron chi connectivity index (χ4n) is 3.14. The Morgan fingerprint density at radius 1 is 1.32 bits per heavy atom. The van der Waals surface area contributed by atoms with Gasteiger partial charge in [-0.2, -0.15) is 5.10 Å². The first-order valence-electron chi connectivity index (χ1n) is 8.97. The second-order valence-electron chi connectivity index (χ2n) is 6.68. The third kappa shape index (κ3) is 4.87. The summed E-state index contributed by atoms with van der Waals surface area (Å²) >= 11 is 0. The lowest BCUT2D eigenvalue weighted by Gasteiger charge is -2.34. The van der Waals surface area contributed by atoms with Crippen molar-refractivity contribution in [2.24, 2.45) is 0 Å². The molecule has 1 fully saturated rings. The Labute approximate surface area is 163 Å². The summed E-state index contributed by atoms with van der Waals surface area (Å²) in [7, 11) is 3.32. The van der Waals surface area contributed by atoms with Gasteiger partial charge in [0.25, 0.3) is 5.91 Å². The molecule has 1 aromatic carbocycles. The molecular weight excluding hydrogens is 364 g/mol.